The van der Waals surface area contributed by atoms with E-state index >= 15 is 4.39 Å². The smallest absolute Gasteiger partial charge is 0.387 e. The highest BCUT2D eigenvalue weighted by molar-refractivity contribution is 7.70. The maximum atomic E-state index is 15.1. The largest absolute Gasteiger partial charge is 0.434 e. The molecule has 4 aromatic rings. The highest BCUT2D eigenvalue weighted by atomic mass is 31.2. The minimum absolute atomic E-state index is 0.0454. The predicted molar refractivity (Wildman–Crippen MR) is 135 cm³/mol. The van der Waals surface area contributed by atoms with Crippen molar-refractivity contribution < 1.29 is 27.3 Å². The van der Waals surface area contributed by atoms with E-state index < -0.39 is 25.6 Å². The van der Waals surface area contributed by atoms with Gasteiger partial charge in [-0.25, -0.2) is 9.37 Å². The van der Waals surface area contributed by atoms with Crippen LogP contribution in [0.3, 0.4) is 0 Å². The van der Waals surface area contributed by atoms with Gasteiger partial charge in [-0.05, 0) is 49.2 Å². The summed E-state index contributed by atoms with van der Waals surface area (Å²) < 4.78 is 60.9. The van der Waals surface area contributed by atoms with E-state index in [1.165, 1.54) is 18.2 Å². The summed E-state index contributed by atoms with van der Waals surface area (Å²) >= 11 is 0. The van der Waals surface area contributed by atoms with E-state index in [1.54, 1.807) is 55.6 Å². The topological polar surface area (TPSA) is 64.4 Å². The summed E-state index contributed by atoms with van der Waals surface area (Å²) in [6.07, 6.45) is 0.451. The molecule has 1 amide bonds. The van der Waals surface area contributed by atoms with Crippen molar-refractivity contribution in [3.8, 4) is 16.9 Å². The molecule has 10 heteroatoms. The molecule has 190 valence electrons. The maximum Gasteiger partial charge on any atom is 0.387 e. The van der Waals surface area contributed by atoms with Crippen LogP contribution >= 0.6 is 7.14 Å². The van der Waals surface area contributed by atoms with Crippen molar-refractivity contribution in [1.82, 2.24) is 14.5 Å². The standard InChI is InChI=1S/C27H23F3N3O3P/c1-32-22-13-21(24-17(26(32)34)5-4-6-23(24)36-27(29)30)33-20-11-14(7-10-19(20)31-25(22)33)16-9-8-15(12-18(16)28)37(2,3)35/h4-12,21-22,27H,13H2,1-3H3/t21-,22-/m1/s1. The Kier molecular flexibility index (Phi) is 5.28. The minimum Gasteiger partial charge on any atom is -0.434 e. The first-order valence-electron chi connectivity index (χ1n) is 11.8. The van der Waals surface area contributed by atoms with Gasteiger partial charge in [-0.2, -0.15) is 8.78 Å². The van der Waals surface area contributed by atoms with Gasteiger partial charge in [0.1, 0.15) is 24.5 Å². The number of imidazole rings is 1. The third kappa shape index (κ3) is 3.67. The number of hydrogen-bond donors (Lipinski definition) is 0. The summed E-state index contributed by atoms with van der Waals surface area (Å²) in [6, 6.07) is 13.7. The zero-order valence-electron chi connectivity index (χ0n) is 20.3. The van der Waals surface area contributed by atoms with Crippen molar-refractivity contribution >= 4 is 29.4 Å². The van der Waals surface area contributed by atoms with Crippen molar-refractivity contribution in [2.45, 2.75) is 25.1 Å². The molecule has 0 fully saturated rings. The number of carbonyl (C=O) groups is 1. The summed E-state index contributed by atoms with van der Waals surface area (Å²) in [5, 5.41) is 0.459. The molecule has 3 aromatic carbocycles. The van der Waals surface area contributed by atoms with Crippen molar-refractivity contribution in [2.75, 3.05) is 20.4 Å². The van der Waals surface area contributed by atoms with Crippen LogP contribution in [-0.4, -0.2) is 47.3 Å². The number of nitrogens with zero attached hydrogens (tertiary/aromatic N) is 3. The lowest BCUT2D eigenvalue weighted by atomic mass is 9.97. The number of carbonyl (C=O) groups excluding carboxylic acids is 1. The van der Waals surface area contributed by atoms with Crippen molar-refractivity contribution in [2.24, 2.45) is 0 Å². The molecule has 1 aromatic heterocycles. The van der Waals surface area contributed by atoms with Crippen LogP contribution in [0.1, 0.15) is 40.3 Å². The molecule has 0 radical (unpaired) electrons. The van der Waals surface area contributed by atoms with Gasteiger partial charge < -0.3 is 18.8 Å². The molecule has 0 unspecified atom stereocenters. The molecule has 0 aliphatic carbocycles. The highest BCUT2D eigenvalue weighted by Crippen LogP contribution is 2.50. The second-order valence-corrected chi connectivity index (χ2v) is 13.1. The quantitative estimate of drug-likeness (QED) is 0.316. The van der Waals surface area contributed by atoms with Crippen molar-refractivity contribution in [3.05, 3.63) is 77.4 Å². The fourth-order valence-electron chi connectivity index (χ4n) is 5.52. The third-order valence-corrected chi connectivity index (χ3v) is 8.81. The van der Waals surface area contributed by atoms with Gasteiger partial charge in [0.2, 0.25) is 0 Å². The van der Waals surface area contributed by atoms with Gasteiger partial charge in [0, 0.05) is 35.5 Å². The minimum atomic E-state index is -3.04. The van der Waals surface area contributed by atoms with Gasteiger partial charge in [0.05, 0.1) is 23.1 Å². The SMILES string of the molecule is CN1C(=O)c2cccc(OC(F)F)c2[C@H]2C[C@@H]1c1nc3ccc(-c4ccc(P(C)(C)=O)cc4F)cc3n12. The molecule has 0 saturated heterocycles. The van der Waals surface area contributed by atoms with Crippen LogP contribution in [0.15, 0.2) is 54.6 Å². The van der Waals surface area contributed by atoms with Gasteiger partial charge >= 0.3 is 6.61 Å². The molecule has 0 saturated carbocycles. The average Bonchev–Trinajstić information content (AvgIpc) is 3.36. The van der Waals surface area contributed by atoms with E-state index in [2.05, 4.69) is 0 Å². The normalized spacial score (nSPS) is 18.8. The van der Waals surface area contributed by atoms with Crippen LogP contribution < -0.4 is 10.0 Å². The number of aromatic nitrogens is 2. The fourth-order valence-corrected chi connectivity index (χ4v) is 6.38. The lowest BCUT2D eigenvalue weighted by Gasteiger charge is -2.24. The van der Waals surface area contributed by atoms with E-state index in [-0.39, 0.29) is 17.7 Å². The summed E-state index contributed by atoms with van der Waals surface area (Å²) in [6.45, 7) is 0.141. The van der Waals surface area contributed by atoms with Gasteiger partial charge in [-0.1, -0.05) is 24.3 Å². The molecule has 0 spiro atoms. The molecule has 0 N–H and O–H groups in total. The zero-order chi connectivity index (χ0) is 26.2. The monoisotopic (exact) mass is 525 g/mol. The molecule has 2 aliphatic rings. The van der Waals surface area contributed by atoms with Crippen molar-refractivity contribution in [3.63, 3.8) is 0 Å². The molecule has 3 heterocycles. The Hall–Kier alpha value is -3.58. The Morgan fingerprint density at radius 1 is 1.05 bits per heavy atom. The fraction of sp³-hybridized carbons (Fsp3) is 0.259. The van der Waals surface area contributed by atoms with E-state index in [1.807, 2.05) is 10.6 Å². The molecule has 6 rings (SSSR count). The molecule has 2 atom stereocenters. The Bertz CT molecular complexity index is 1640. The van der Waals surface area contributed by atoms with Gasteiger partial charge in [0.15, 0.2) is 0 Å². The zero-order valence-corrected chi connectivity index (χ0v) is 21.2. The van der Waals surface area contributed by atoms with Crippen LogP contribution in [-0.2, 0) is 4.57 Å². The first kappa shape index (κ1) is 23.8. The van der Waals surface area contributed by atoms with Crippen LogP contribution in [0.4, 0.5) is 13.2 Å². The second-order valence-electron chi connectivity index (χ2n) is 9.84. The Morgan fingerprint density at radius 2 is 1.84 bits per heavy atom. The second kappa shape index (κ2) is 8.21. The summed E-state index contributed by atoms with van der Waals surface area (Å²) in [7, 11) is -0.944. The number of alkyl halides is 2. The summed E-state index contributed by atoms with van der Waals surface area (Å²) in [5.41, 5.74) is 2.99. The molecular weight excluding hydrogens is 502 g/mol. The number of fused-ring (bicyclic) bond motifs is 9. The molecule has 37 heavy (non-hydrogen) atoms. The first-order chi connectivity index (χ1) is 17.5. The number of hydrogen-bond acceptors (Lipinski definition) is 4. The average molecular weight is 525 g/mol. The van der Waals surface area contributed by atoms with Crippen LogP contribution in [0.5, 0.6) is 5.75 Å². The van der Waals surface area contributed by atoms with Crippen LogP contribution in [0.25, 0.3) is 22.2 Å². The van der Waals surface area contributed by atoms with E-state index in [9.17, 15) is 18.1 Å². The maximum absolute atomic E-state index is 15.1. The van der Waals surface area contributed by atoms with Crippen LogP contribution in [0.2, 0.25) is 0 Å². The lowest BCUT2D eigenvalue weighted by molar-refractivity contribution is -0.0507. The van der Waals surface area contributed by atoms with Gasteiger partial charge in [0.25, 0.3) is 5.91 Å². The third-order valence-electron chi connectivity index (χ3n) is 7.29. The number of halogens is 3. The molecule has 2 bridgehead atoms. The first-order valence-corrected chi connectivity index (χ1v) is 14.4. The predicted octanol–water partition coefficient (Wildman–Crippen LogP) is 5.81. The number of ether oxygens (including phenoxy) is 1. The molecule has 6 nitrogen and oxygen atoms in total. The van der Waals surface area contributed by atoms with E-state index in [0.717, 1.165) is 0 Å². The lowest BCUT2D eigenvalue weighted by Crippen LogP contribution is -2.30. The number of amides is 1. The highest BCUT2D eigenvalue weighted by Gasteiger charge is 2.45. The number of benzene rings is 3. The Balaban J connectivity index is 1.55. The Morgan fingerprint density at radius 3 is 2.54 bits per heavy atom. The van der Waals surface area contributed by atoms with E-state index in [4.69, 9.17) is 9.72 Å². The number of rotatable bonds is 4. The van der Waals surface area contributed by atoms with Gasteiger partial charge in [-0.3, -0.25) is 4.79 Å². The van der Waals surface area contributed by atoms with Crippen LogP contribution in [0, 0.1) is 5.82 Å². The Labute approximate surface area is 211 Å². The van der Waals surface area contributed by atoms with Gasteiger partial charge in [-0.15, -0.1) is 0 Å². The summed E-state index contributed by atoms with van der Waals surface area (Å²) in [5.74, 6) is -0.177. The van der Waals surface area contributed by atoms with E-state index in [0.29, 0.717) is 50.8 Å². The molecular formula is C27H23F3N3O3P. The molecule has 2 aliphatic heterocycles. The summed E-state index contributed by atoms with van der Waals surface area (Å²) in [4.78, 5) is 19.6. The van der Waals surface area contributed by atoms with Crippen molar-refractivity contribution in [1.29, 1.82) is 0 Å².